The van der Waals surface area contributed by atoms with Gasteiger partial charge < -0.3 is 9.73 Å². The average molecular weight is 532 g/mol. The molecule has 1 aliphatic rings. The summed E-state index contributed by atoms with van der Waals surface area (Å²) in [4.78, 5) is 15.4. The van der Waals surface area contributed by atoms with Crippen LogP contribution in [-0.2, 0) is 10.0 Å². The van der Waals surface area contributed by atoms with E-state index >= 15 is 0 Å². The third-order valence-electron chi connectivity index (χ3n) is 5.66. The van der Waals surface area contributed by atoms with Gasteiger partial charge in [-0.05, 0) is 80.5 Å². The zero-order chi connectivity index (χ0) is 23.3. The van der Waals surface area contributed by atoms with Gasteiger partial charge in [0.1, 0.15) is 5.76 Å². The zero-order valence-corrected chi connectivity index (χ0v) is 20.4. The number of sulfonamides is 1. The van der Waals surface area contributed by atoms with E-state index in [1.165, 1.54) is 24.6 Å². The first-order valence-electron chi connectivity index (χ1n) is 10.9. The molecule has 1 amide bonds. The smallest absolute Gasteiger partial charge is 0.261 e. The summed E-state index contributed by atoms with van der Waals surface area (Å²) in [5.41, 5.74) is 0.701. The number of amides is 1. The predicted octanol–water partition coefficient (Wildman–Crippen LogP) is 4.80. The molecule has 2 aromatic carbocycles. The van der Waals surface area contributed by atoms with E-state index in [-0.39, 0.29) is 16.8 Å². The molecule has 0 spiro atoms. The van der Waals surface area contributed by atoms with Gasteiger partial charge >= 0.3 is 0 Å². The maximum atomic E-state index is 12.9. The Hall–Kier alpha value is -2.62. The summed E-state index contributed by atoms with van der Waals surface area (Å²) >= 11 is 3.30. The van der Waals surface area contributed by atoms with Crippen molar-refractivity contribution in [2.45, 2.75) is 30.2 Å². The number of carbonyl (C=O) groups is 1. The van der Waals surface area contributed by atoms with Gasteiger partial charge in [0.25, 0.3) is 15.9 Å². The number of anilines is 1. The number of benzene rings is 2. The molecule has 7 nitrogen and oxygen atoms in total. The maximum Gasteiger partial charge on any atom is 0.261 e. The largest absolute Gasteiger partial charge is 0.468 e. The first-order chi connectivity index (χ1) is 15.9. The summed E-state index contributed by atoms with van der Waals surface area (Å²) < 4.78 is 34.3. The van der Waals surface area contributed by atoms with Crippen molar-refractivity contribution in [1.82, 2.24) is 10.2 Å². The van der Waals surface area contributed by atoms with Gasteiger partial charge in [-0.15, -0.1) is 0 Å². The van der Waals surface area contributed by atoms with E-state index in [9.17, 15) is 13.2 Å². The van der Waals surface area contributed by atoms with Gasteiger partial charge in [-0.1, -0.05) is 28.4 Å². The lowest BCUT2D eigenvalue weighted by Crippen LogP contribution is -2.40. The molecule has 1 saturated heterocycles. The molecule has 174 valence electrons. The number of piperidine rings is 1. The van der Waals surface area contributed by atoms with Gasteiger partial charge in [0.05, 0.1) is 17.2 Å². The molecule has 1 atom stereocenters. The first kappa shape index (κ1) is 23.5. The van der Waals surface area contributed by atoms with Crippen molar-refractivity contribution in [2.75, 3.05) is 24.4 Å². The molecule has 1 fully saturated rings. The molecule has 9 heteroatoms. The molecule has 0 radical (unpaired) electrons. The molecule has 1 aliphatic heterocycles. The molecular weight excluding hydrogens is 506 g/mol. The molecule has 2 heterocycles. The van der Waals surface area contributed by atoms with Crippen molar-refractivity contribution < 1.29 is 17.6 Å². The van der Waals surface area contributed by atoms with E-state index in [2.05, 4.69) is 30.9 Å². The second-order valence-electron chi connectivity index (χ2n) is 7.98. The number of likely N-dealkylation sites (tertiary alicyclic amines) is 1. The number of hydrogen-bond acceptors (Lipinski definition) is 5. The molecule has 0 saturated carbocycles. The molecule has 0 unspecified atom stereocenters. The van der Waals surface area contributed by atoms with Gasteiger partial charge in [0.2, 0.25) is 0 Å². The van der Waals surface area contributed by atoms with E-state index in [1.54, 1.807) is 36.6 Å². The number of nitrogens with one attached hydrogen (secondary N) is 2. The number of hydrogen-bond donors (Lipinski definition) is 2. The molecular formula is C24H26BrN3O4S. The van der Waals surface area contributed by atoms with Gasteiger partial charge in [-0.3, -0.25) is 14.4 Å². The van der Waals surface area contributed by atoms with E-state index in [0.717, 1.165) is 36.2 Å². The number of furan rings is 1. The van der Waals surface area contributed by atoms with Crippen molar-refractivity contribution in [3.8, 4) is 0 Å². The lowest BCUT2D eigenvalue weighted by Gasteiger charge is -2.33. The van der Waals surface area contributed by atoms with E-state index in [0.29, 0.717) is 17.8 Å². The van der Waals surface area contributed by atoms with Crippen molar-refractivity contribution in [3.63, 3.8) is 0 Å². The minimum Gasteiger partial charge on any atom is -0.468 e. The Kier molecular flexibility index (Phi) is 7.52. The molecule has 0 bridgehead atoms. The lowest BCUT2D eigenvalue weighted by atomic mass is 10.1. The van der Waals surface area contributed by atoms with Crippen LogP contribution in [0.15, 0.2) is 80.7 Å². The summed E-state index contributed by atoms with van der Waals surface area (Å²) in [7, 11) is -3.76. The van der Waals surface area contributed by atoms with Gasteiger partial charge in [0, 0.05) is 22.3 Å². The van der Waals surface area contributed by atoms with Gasteiger partial charge in [0.15, 0.2) is 0 Å². The van der Waals surface area contributed by atoms with Crippen molar-refractivity contribution in [3.05, 3.63) is 82.7 Å². The van der Waals surface area contributed by atoms with Crippen LogP contribution in [0.2, 0.25) is 0 Å². The molecule has 4 rings (SSSR count). The Morgan fingerprint density at radius 2 is 1.79 bits per heavy atom. The van der Waals surface area contributed by atoms with E-state index < -0.39 is 10.0 Å². The summed E-state index contributed by atoms with van der Waals surface area (Å²) in [5, 5.41) is 2.99. The summed E-state index contributed by atoms with van der Waals surface area (Å²) in [6.45, 7) is 2.34. The third-order valence-corrected chi connectivity index (χ3v) is 7.59. The highest BCUT2D eigenvalue weighted by Gasteiger charge is 2.25. The van der Waals surface area contributed by atoms with Crippen LogP contribution >= 0.6 is 15.9 Å². The zero-order valence-electron chi connectivity index (χ0n) is 18.0. The Labute approximate surface area is 202 Å². The van der Waals surface area contributed by atoms with Gasteiger partial charge in [-0.2, -0.15) is 0 Å². The van der Waals surface area contributed by atoms with Crippen molar-refractivity contribution in [1.29, 1.82) is 0 Å². The van der Waals surface area contributed by atoms with Crippen LogP contribution < -0.4 is 10.0 Å². The molecule has 2 N–H and O–H groups in total. The standard InChI is InChI=1S/C24H26BrN3O4S/c25-19-9-11-21(12-10-19)33(30,31)27-20-7-4-6-18(16-20)24(29)26-17-22(23-8-5-15-32-23)28-13-2-1-3-14-28/h4-12,15-16,22,27H,1-3,13-14,17H2,(H,26,29)/t22-/m0/s1. The van der Waals surface area contributed by atoms with Crippen molar-refractivity contribution in [2.24, 2.45) is 0 Å². The number of rotatable bonds is 8. The Balaban J connectivity index is 1.44. The summed E-state index contributed by atoms with van der Waals surface area (Å²) in [6.07, 6.45) is 5.13. The summed E-state index contributed by atoms with van der Waals surface area (Å²) in [5.74, 6) is 0.557. The topological polar surface area (TPSA) is 91.7 Å². The quantitative estimate of drug-likeness (QED) is 0.435. The normalized spacial score (nSPS) is 15.7. The SMILES string of the molecule is O=C(NC[C@@H](c1ccco1)N1CCCCC1)c1cccc(NS(=O)(=O)c2ccc(Br)cc2)c1. The van der Waals surface area contributed by atoms with Crippen LogP contribution in [0.25, 0.3) is 0 Å². The Morgan fingerprint density at radius 3 is 2.48 bits per heavy atom. The highest BCUT2D eigenvalue weighted by Crippen LogP contribution is 2.25. The van der Waals surface area contributed by atoms with Crippen LogP contribution in [-0.4, -0.2) is 38.9 Å². The van der Waals surface area contributed by atoms with Crippen LogP contribution in [0.4, 0.5) is 5.69 Å². The van der Waals surface area contributed by atoms with Crippen LogP contribution in [0.3, 0.4) is 0 Å². The molecule has 1 aromatic heterocycles. The first-order valence-corrected chi connectivity index (χ1v) is 13.1. The Bertz CT molecular complexity index is 1170. The monoisotopic (exact) mass is 531 g/mol. The fourth-order valence-corrected chi connectivity index (χ4v) is 5.28. The van der Waals surface area contributed by atoms with Gasteiger partial charge in [-0.25, -0.2) is 8.42 Å². The predicted molar refractivity (Wildman–Crippen MR) is 131 cm³/mol. The number of nitrogens with zero attached hydrogens (tertiary/aromatic N) is 1. The number of carbonyl (C=O) groups excluding carboxylic acids is 1. The fraction of sp³-hybridized carbons (Fsp3) is 0.292. The lowest BCUT2D eigenvalue weighted by molar-refractivity contribution is 0.0914. The minimum atomic E-state index is -3.76. The fourth-order valence-electron chi connectivity index (χ4n) is 3.96. The van der Waals surface area contributed by atoms with E-state index in [1.807, 2.05) is 12.1 Å². The third kappa shape index (κ3) is 6.04. The highest BCUT2D eigenvalue weighted by molar-refractivity contribution is 9.10. The minimum absolute atomic E-state index is 0.0386. The molecule has 33 heavy (non-hydrogen) atoms. The molecule has 0 aliphatic carbocycles. The second kappa shape index (κ2) is 10.5. The molecule has 3 aromatic rings. The average Bonchev–Trinajstić information content (AvgIpc) is 3.34. The summed E-state index contributed by atoms with van der Waals surface area (Å²) in [6, 6.07) is 16.6. The van der Waals surface area contributed by atoms with Crippen LogP contribution in [0.5, 0.6) is 0 Å². The van der Waals surface area contributed by atoms with Crippen molar-refractivity contribution >= 4 is 37.5 Å². The number of halogens is 1. The van der Waals surface area contributed by atoms with Crippen LogP contribution in [0, 0.1) is 0 Å². The highest BCUT2D eigenvalue weighted by atomic mass is 79.9. The van der Waals surface area contributed by atoms with Crippen LogP contribution in [0.1, 0.15) is 41.4 Å². The second-order valence-corrected chi connectivity index (χ2v) is 10.6. The Morgan fingerprint density at radius 1 is 1.03 bits per heavy atom. The van der Waals surface area contributed by atoms with E-state index in [4.69, 9.17) is 4.42 Å². The maximum absolute atomic E-state index is 12.9.